The Morgan fingerprint density at radius 3 is 2.10 bits per heavy atom. The molecule has 0 rings (SSSR count). The average Bonchev–Trinajstić information content (AvgIpc) is 1.91. The van der Waals surface area contributed by atoms with Crippen LogP contribution in [-0.4, -0.2) is 25.6 Å². The maximum atomic E-state index is 3.70. The molecule has 0 atom stereocenters. The Bertz CT molecular complexity index is 69.7. The molecule has 0 aromatic rings. The van der Waals surface area contributed by atoms with Crippen LogP contribution in [0.25, 0.3) is 0 Å². The molecule has 2 heteroatoms. The molecule has 0 bridgehead atoms. The fourth-order valence-electron chi connectivity index (χ4n) is 1.05. The van der Waals surface area contributed by atoms with Crippen molar-refractivity contribution in [3.8, 4) is 0 Å². The van der Waals surface area contributed by atoms with Crippen molar-refractivity contribution in [3.05, 3.63) is 12.7 Å². The summed E-state index contributed by atoms with van der Waals surface area (Å²) in [6.07, 6.45) is 7.18. The van der Waals surface area contributed by atoms with Crippen molar-refractivity contribution in [3.63, 3.8) is 0 Å². The van der Waals surface area contributed by atoms with Crippen molar-refractivity contribution in [2.45, 2.75) is 39.2 Å². The van der Waals surface area contributed by atoms with Gasteiger partial charge in [0.05, 0.1) is 0 Å². The summed E-state index contributed by atoms with van der Waals surface area (Å²) in [5, 5.41) is 0. The van der Waals surface area contributed by atoms with Gasteiger partial charge in [0.15, 0.2) is 0 Å². The average molecular weight is 131 g/mol. The van der Waals surface area contributed by atoms with Crippen molar-refractivity contribution in [1.82, 2.24) is 0 Å². The molecule has 0 aliphatic carbocycles. The Labute approximate surface area is 77.7 Å². The quantitative estimate of drug-likeness (QED) is 0.397. The molecule has 0 fully saturated rings. The molecule has 1 radical (unpaired) electrons. The van der Waals surface area contributed by atoms with Gasteiger partial charge >= 0.3 is 0 Å². The van der Waals surface area contributed by atoms with Gasteiger partial charge in [-0.1, -0.05) is 38.9 Å². The first-order valence-electron chi connectivity index (χ1n) is 3.96. The van der Waals surface area contributed by atoms with E-state index in [-0.39, 0.29) is 18.9 Å². The molecule has 0 nitrogen and oxygen atoms in total. The molecule has 0 aliphatic heterocycles. The van der Waals surface area contributed by atoms with Crippen LogP contribution in [0.1, 0.15) is 20.3 Å². The van der Waals surface area contributed by atoms with Gasteiger partial charge in [-0.2, -0.15) is 0 Å². The molecule has 0 heterocycles. The molecule has 0 saturated heterocycles. The van der Waals surface area contributed by atoms with E-state index in [1.807, 2.05) is 6.08 Å². The predicted molar refractivity (Wildman–Crippen MR) is 52.1 cm³/mol. The van der Waals surface area contributed by atoms with Crippen LogP contribution >= 0.6 is 0 Å². The summed E-state index contributed by atoms with van der Waals surface area (Å²) in [4.78, 5) is 0. The summed E-state index contributed by atoms with van der Waals surface area (Å²) in [7, 11) is 0. The fraction of sp³-hybridized carbons (Fsp3) is 0.750. The van der Waals surface area contributed by atoms with Crippen LogP contribution in [0.2, 0.25) is 19.0 Å². The van der Waals surface area contributed by atoms with E-state index >= 15 is 0 Å². The number of hydrogen-bond donors (Lipinski definition) is 0. The van der Waals surface area contributed by atoms with Crippen LogP contribution in [0.4, 0.5) is 0 Å². The van der Waals surface area contributed by atoms with Crippen LogP contribution in [0.15, 0.2) is 12.7 Å². The summed E-state index contributed by atoms with van der Waals surface area (Å²) in [6.45, 7) is 9.16. The minimum Gasteiger partial charge on any atom is -0.103 e. The topological polar surface area (TPSA) is 0 Å². The van der Waals surface area contributed by atoms with E-state index in [0.29, 0.717) is 0 Å². The van der Waals surface area contributed by atoms with E-state index in [2.05, 4.69) is 20.4 Å². The fourth-order valence-corrected chi connectivity index (χ4v) is 1.05. The maximum absolute atomic E-state index is 3.70. The van der Waals surface area contributed by atoms with Crippen LogP contribution in [-0.2, 0) is 0 Å². The van der Waals surface area contributed by atoms with Gasteiger partial charge in [-0.3, -0.25) is 0 Å². The van der Waals surface area contributed by atoms with Crippen LogP contribution in [0, 0.1) is 0 Å². The molecular weight excluding hydrogens is 114 g/mol. The Morgan fingerprint density at radius 2 is 1.80 bits per heavy atom. The van der Waals surface area contributed by atoms with E-state index in [1.165, 1.54) is 25.4 Å². The van der Waals surface area contributed by atoms with Crippen LogP contribution in [0.3, 0.4) is 0 Å². The third-order valence-corrected chi connectivity index (χ3v) is 1.93. The first-order valence-corrected chi connectivity index (χ1v) is 3.96. The largest absolute Gasteiger partial charge is 0.139 e. The molecular formula is C8H17BLi. The monoisotopic (exact) mass is 131 g/mol. The predicted octanol–water partition coefficient (Wildman–Crippen LogP) is 2.72. The molecule has 0 aromatic heterocycles. The van der Waals surface area contributed by atoms with Crippen LogP contribution < -0.4 is 0 Å². The van der Waals surface area contributed by atoms with Gasteiger partial charge in [0.1, 0.15) is 6.71 Å². The minimum atomic E-state index is 0. The van der Waals surface area contributed by atoms with Crippen LogP contribution in [0.5, 0.6) is 0 Å². The molecule has 0 amide bonds. The van der Waals surface area contributed by atoms with Gasteiger partial charge in [-0.15, -0.1) is 6.58 Å². The summed E-state index contributed by atoms with van der Waals surface area (Å²) in [6, 6.07) is 0. The number of hydrogen-bond acceptors (Lipinski definition) is 0. The second-order valence-corrected chi connectivity index (χ2v) is 2.55. The van der Waals surface area contributed by atoms with Gasteiger partial charge in [-0.25, -0.2) is 0 Å². The minimum absolute atomic E-state index is 0. The molecule has 0 N–H and O–H groups in total. The Kier molecular flexibility index (Phi) is 12.2. The van der Waals surface area contributed by atoms with Crippen molar-refractivity contribution in [2.24, 2.45) is 0 Å². The Morgan fingerprint density at radius 1 is 1.30 bits per heavy atom. The zero-order valence-electron chi connectivity index (χ0n) is 7.69. The van der Waals surface area contributed by atoms with Crippen molar-refractivity contribution in [1.29, 1.82) is 0 Å². The first kappa shape index (κ1) is 13.0. The Balaban J connectivity index is 0. The van der Waals surface area contributed by atoms with Crippen molar-refractivity contribution < 1.29 is 0 Å². The van der Waals surface area contributed by atoms with E-state index in [9.17, 15) is 0 Å². The van der Waals surface area contributed by atoms with E-state index in [1.54, 1.807) is 0 Å². The molecule has 53 valence electrons. The van der Waals surface area contributed by atoms with Gasteiger partial charge < -0.3 is 0 Å². The maximum Gasteiger partial charge on any atom is 0.139 e. The molecule has 0 saturated carbocycles. The first-order chi connectivity index (χ1) is 4.35. The molecule has 0 unspecified atom stereocenters. The summed E-state index contributed by atoms with van der Waals surface area (Å²) in [5.41, 5.74) is 0. The van der Waals surface area contributed by atoms with Gasteiger partial charge in [0.25, 0.3) is 0 Å². The van der Waals surface area contributed by atoms with Gasteiger partial charge in [0, 0.05) is 18.9 Å². The zero-order chi connectivity index (χ0) is 7.11. The normalized spacial score (nSPS) is 8.20. The second-order valence-electron chi connectivity index (χ2n) is 2.55. The zero-order valence-corrected chi connectivity index (χ0v) is 7.69. The molecule has 10 heavy (non-hydrogen) atoms. The number of rotatable bonds is 5. The smallest absolute Gasteiger partial charge is 0.103 e. The summed E-state index contributed by atoms with van der Waals surface area (Å²) < 4.78 is 0. The standard InChI is InChI=1S/C8H17B.Li/c1-4-7-8-9(5-2)6-3;/h4H,1,5-8H2,2-3H3;. The van der Waals surface area contributed by atoms with E-state index < -0.39 is 0 Å². The van der Waals surface area contributed by atoms with E-state index in [0.717, 1.165) is 6.71 Å². The van der Waals surface area contributed by atoms with Gasteiger partial charge in [0.2, 0.25) is 0 Å². The molecule has 0 spiro atoms. The molecule has 0 aromatic carbocycles. The van der Waals surface area contributed by atoms with Crippen molar-refractivity contribution >= 4 is 25.6 Å². The summed E-state index contributed by atoms with van der Waals surface area (Å²) >= 11 is 0. The van der Waals surface area contributed by atoms with E-state index in [4.69, 9.17) is 0 Å². The third-order valence-electron chi connectivity index (χ3n) is 1.93. The van der Waals surface area contributed by atoms with Crippen molar-refractivity contribution in [2.75, 3.05) is 0 Å². The number of allylic oxidation sites excluding steroid dienone is 1. The summed E-state index contributed by atoms with van der Waals surface area (Å²) in [5.74, 6) is 0. The molecule has 0 aliphatic rings. The second kappa shape index (κ2) is 9.40. The third kappa shape index (κ3) is 6.52. The SMILES string of the molecule is C=CCCB(CC)CC.[Li]. The Hall–Kier alpha value is 0.402. The van der Waals surface area contributed by atoms with Gasteiger partial charge in [-0.05, 0) is 6.42 Å².